The highest BCUT2D eigenvalue weighted by atomic mass is 16.5. The third kappa shape index (κ3) is 4.91. The minimum absolute atomic E-state index is 0.307. The molecule has 0 atom stereocenters. The van der Waals surface area contributed by atoms with Crippen molar-refractivity contribution in [3.8, 4) is 17.4 Å². The maximum Gasteiger partial charge on any atom is 0.323 e. The molecule has 34 heavy (non-hydrogen) atoms. The van der Waals surface area contributed by atoms with E-state index >= 15 is 0 Å². The first kappa shape index (κ1) is 23.0. The topological polar surface area (TPSA) is 94.0 Å². The van der Waals surface area contributed by atoms with Gasteiger partial charge in [0.1, 0.15) is 11.6 Å². The first-order valence-electron chi connectivity index (χ1n) is 11.0. The van der Waals surface area contributed by atoms with Crippen LogP contribution in [-0.2, 0) is 0 Å². The zero-order valence-corrected chi connectivity index (χ0v) is 20.2. The Balaban J connectivity index is 1.45. The maximum absolute atomic E-state index is 12.4. The number of aryl methyl sites for hydroxylation is 3. The predicted molar refractivity (Wildman–Crippen MR) is 133 cm³/mol. The van der Waals surface area contributed by atoms with Gasteiger partial charge in [0.25, 0.3) is 0 Å². The van der Waals surface area contributed by atoms with Gasteiger partial charge in [0.2, 0.25) is 5.88 Å². The van der Waals surface area contributed by atoms with E-state index in [1.807, 2.05) is 59.7 Å². The van der Waals surface area contributed by atoms with E-state index in [-0.39, 0.29) is 6.03 Å². The number of anilines is 2. The molecular formula is C26H28N6O2. The number of aromatic nitrogens is 4. The lowest BCUT2D eigenvalue weighted by molar-refractivity contribution is 0.262. The summed E-state index contributed by atoms with van der Waals surface area (Å²) >= 11 is 0. The van der Waals surface area contributed by atoms with E-state index in [4.69, 9.17) is 4.74 Å². The van der Waals surface area contributed by atoms with Crippen LogP contribution in [0.3, 0.4) is 0 Å². The number of benzene rings is 2. The summed E-state index contributed by atoms with van der Waals surface area (Å²) in [5, 5.41) is 10.3. The second kappa shape index (κ2) is 9.35. The lowest BCUT2D eigenvalue weighted by Crippen LogP contribution is -2.20. The highest BCUT2D eigenvalue weighted by Gasteiger charge is 2.13. The van der Waals surface area contributed by atoms with Gasteiger partial charge in [-0.15, -0.1) is 0 Å². The highest BCUT2D eigenvalue weighted by molar-refractivity contribution is 6.00. The Morgan fingerprint density at radius 3 is 2.29 bits per heavy atom. The molecule has 0 radical (unpaired) electrons. The van der Waals surface area contributed by atoms with Crippen LogP contribution in [0.25, 0.3) is 5.82 Å². The fourth-order valence-corrected chi connectivity index (χ4v) is 3.53. The van der Waals surface area contributed by atoms with Crippen LogP contribution in [0.1, 0.15) is 33.9 Å². The molecule has 0 fully saturated rings. The molecule has 4 aromatic rings. The highest BCUT2D eigenvalue weighted by Crippen LogP contribution is 2.25. The molecule has 0 aliphatic carbocycles. The zero-order valence-electron chi connectivity index (χ0n) is 20.2. The standard InChI is InChI=1S/C26H28N6O2/c1-15-8-7-9-23(16(15)2)30-26(33)29-21-10-12-22(13-11-21)34-25-14-24(27-20(6)28-25)32-19(5)17(3)18(4)31-32/h7-14H,1-6H3,(H2,29,30,33). The van der Waals surface area contributed by atoms with Crippen molar-refractivity contribution in [3.63, 3.8) is 0 Å². The fourth-order valence-electron chi connectivity index (χ4n) is 3.53. The van der Waals surface area contributed by atoms with Crippen LogP contribution in [0.5, 0.6) is 11.6 Å². The number of nitrogens with one attached hydrogen (secondary N) is 2. The average molecular weight is 457 g/mol. The minimum atomic E-state index is -0.307. The van der Waals surface area contributed by atoms with Crippen molar-refractivity contribution in [1.29, 1.82) is 0 Å². The number of amides is 2. The summed E-state index contributed by atoms with van der Waals surface area (Å²) in [5.74, 6) is 2.24. The second-order valence-electron chi connectivity index (χ2n) is 8.27. The van der Waals surface area contributed by atoms with Gasteiger partial charge in [0.05, 0.1) is 5.69 Å². The third-order valence-electron chi connectivity index (χ3n) is 5.86. The molecule has 0 unspecified atom stereocenters. The molecule has 0 saturated carbocycles. The van der Waals surface area contributed by atoms with Crippen molar-refractivity contribution in [2.45, 2.75) is 41.5 Å². The van der Waals surface area contributed by atoms with E-state index in [0.29, 0.717) is 29.0 Å². The van der Waals surface area contributed by atoms with Gasteiger partial charge in [-0.3, -0.25) is 0 Å². The van der Waals surface area contributed by atoms with E-state index < -0.39 is 0 Å². The molecule has 8 heteroatoms. The van der Waals surface area contributed by atoms with Crippen molar-refractivity contribution >= 4 is 17.4 Å². The molecule has 2 N–H and O–H groups in total. The van der Waals surface area contributed by atoms with Crippen LogP contribution in [0.2, 0.25) is 0 Å². The SMILES string of the molecule is Cc1nc(Oc2ccc(NC(=O)Nc3cccc(C)c3C)cc2)cc(-n2nc(C)c(C)c2C)n1. The number of ether oxygens (including phenoxy) is 1. The van der Waals surface area contributed by atoms with Gasteiger partial charge < -0.3 is 15.4 Å². The first-order chi connectivity index (χ1) is 16.2. The molecule has 0 aliphatic rings. The quantitative estimate of drug-likeness (QED) is 0.387. The van der Waals surface area contributed by atoms with Gasteiger partial charge in [-0.05, 0) is 88.6 Å². The molecule has 0 aliphatic heterocycles. The minimum Gasteiger partial charge on any atom is -0.439 e. The molecule has 2 aromatic heterocycles. The van der Waals surface area contributed by atoms with Crippen molar-refractivity contribution in [3.05, 3.63) is 82.4 Å². The molecule has 0 bridgehead atoms. The molecule has 174 valence electrons. The molecule has 0 spiro atoms. The predicted octanol–water partition coefficient (Wildman–Crippen LogP) is 5.95. The van der Waals surface area contributed by atoms with Crippen LogP contribution < -0.4 is 15.4 Å². The second-order valence-corrected chi connectivity index (χ2v) is 8.27. The van der Waals surface area contributed by atoms with Crippen LogP contribution in [0, 0.1) is 41.5 Å². The van der Waals surface area contributed by atoms with Gasteiger partial charge in [0.15, 0.2) is 5.82 Å². The first-order valence-corrected chi connectivity index (χ1v) is 11.0. The Bertz CT molecular complexity index is 1360. The van der Waals surface area contributed by atoms with Gasteiger partial charge in [0, 0.05) is 23.1 Å². The summed E-state index contributed by atoms with van der Waals surface area (Å²) in [5.41, 5.74) is 6.70. The number of carbonyl (C=O) groups is 1. The van der Waals surface area contributed by atoms with E-state index in [0.717, 1.165) is 33.8 Å². The van der Waals surface area contributed by atoms with E-state index in [1.54, 1.807) is 35.0 Å². The lowest BCUT2D eigenvalue weighted by atomic mass is 10.1. The van der Waals surface area contributed by atoms with Crippen molar-refractivity contribution < 1.29 is 9.53 Å². The monoisotopic (exact) mass is 456 g/mol. The molecular weight excluding hydrogens is 428 g/mol. The van der Waals surface area contributed by atoms with Crippen LogP contribution in [-0.4, -0.2) is 25.8 Å². The van der Waals surface area contributed by atoms with Crippen molar-refractivity contribution in [2.75, 3.05) is 10.6 Å². The van der Waals surface area contributed by atoms with Crippen LogP contribution >= 0.6 is 0 Å². The largest absolute Gasteiger partial charge is 0.439 e. The number of carbonyl (C=O) groups excluding carboxylic acids is 1. The summed E-state index contributed by atoms with van der Waals surface area (Å²) in [7, 11) is 0. The van der Waals surface area contributed by atoms with Crippen molar-refractivity contribution in [2.24, 2.45) is 0 Å². The Hall–Kier alpha value is -4.20. The lowest BCUT2D eigenvalue weighted by Gasteiger charge is -2.12. The normalized spacial score (nSPS) is 10.8. The summed E-state index contributed by atoms with van der Waals surface area (Å²) in [6.07, 6.45) is 0. The van der Waals surface area contributed by atoms with Crippen LogP contribution in [0.15, 0.2) is 48.5 Å². The van der Waals surface area contributed by atoms with E-state index in [2.05, 4.69) is 25.7 Å². The number of hydrogen-bond donors (Lipinski definition) is 2. The molecule has 8 nitrogen and oxygen atoms in total. The number of hydrogen-bond acceptors (Lipinski definition) is 5. The zero-order chi connectivity index (χ0) is 24.4. The maximum atomic E-state index is 12.4. The Kier molecular flexibility index (Phi) is 6.32. The summed E-state index contributed by atoms with van der Waals surface area (Å²) < 4.78 is 7.76. The molecule has 0 saturated heterocycles. The number of urea groups is 1. The molecule has 2 aromatic carbocycles. The Morgan fingerprint density at radius 2 is 1.62 bits per heavy atom. The van der Waals surface area contributed by atoms with Gasteiger partial charge in [-0.2, -0.15) is 10.1 Å². The summed E-state index contributed by atoms with van der Waals surface area (Å²) in [6, 6.07) is 14.4. The smallest absolute Gasteiger partial charge is 0.323 e. The van der Waals surface area contributed by atoms with Crippen molar-refractivity contribution in [1.82, 2.24) is 19.7 Å². The van der Waals surface area contributed by atoms with Gasteiger partial charge in [-0.25, -0.2) is 14.5 Å². The van der Waals surface area contributed by atoms with Crippen LogP contribution in [0.4, 0.5) is 16.2 Å². The summed E-state index contributed by atoms with van der Waals surface area (Å²) in [6.45, 7) is 11.8. The molecule has 2 heterocycles. The van der Waals surface area contributed by atoms with E-state index in [9.17, 15) is 4.79 Å². The fraction of sp³-hybridized carbons (Fsp3) is 0.231. The average Bonchev–Trinajstić information content (AvgIpc) is 3.05. The summed E-state index contributed by atoms with van der Waals surface area (Å²) in [4.78, 5) is 21.3. The number of rotatable bonds is 5. The molecule has 4 rings (SSSR count). The van der Waals surface area contributed by atoms with Gasteiger partial charge in [-0.1, -0.05) is 12.1 Å². The third-order valence-corrected chi connectivity index (χ3v) is 5.86. The Morgan fingerprint density at radius 1 is 0.882 bits per heavy atom. The van der Waals surface area contributed by atoms with E-state index in [1.165, 1.54) is 0 Å². The Labute approximate surface area is 199 Å². The number of nitrogens with zero attached hydrogens (tertiary/aromatic N) is 4. The molecule has 2 amide bonds. The van der Waals surface area contributed by atoms with Gasteiger partial charge >= 0.3 is 6.03 Å².